The fourth-order valence-electron chi connectivity index (χ4n) is 5.80. The molecule has 0 aliphatic rings. The van der Waals surface area contributed by atoms with Gasteiger partial charge in [-0.05, 0) is 38.5 Å². The van der Waals surface area contributed by atoms with Gasteiger partial charge in [0.1, 0.15) is 0 Å². The van der Waals surface area contributed by atoms with E-state index in [4.69, 9.17) is 0 Å². The molecule has 0 heterocycles. The first kappa shape index (κ1) is 55.5. The minimum Gasteiger partial charge on any atom is -0.550 e. The van der Waals surface area contributed by atoms with Crippen LogP contribution in [0.5, 0.6) is 0 Å². The molecule has 0 unspecified atom stereocenters. The van der Waals surface area contributed by atoms with Crippen LogP contribution >= 0.6 is 0 Å². The number of hydrogen-bond donors (Lipinski definition) is 0. The van der Waals surface area contributed by atoms with E-state index in [0.717, 1.165) is 38.5 Å². The average molecular weight is 826 g/mol. The molecule has 0 N–H and O–H groups in total. The maximum Gasteiger partial charge on any atom is 3.00 e. The molecule has 7 heteroatoms. The third-order valence-electron chi connectivity index (χ3n) is 8.95. The smallest absolute Gasteiger partial charge is 0.550 e. The first-order valence-electron chi connectivity index (χ1n) is 20.9. The predicted molar refractivity (Wildman–Crippen MR) is 198 cm³/mol. The van der Waals surface area contributed by atoms with E-state index in [-0.39, 0.29) is 60.1 Å². The van der Waals surface area contributed by atoms with E-state index in [1.165, 1.54) is 173 Å². The Balaban J connectivity index is -0.000000307. The third kappa shape index (κ3) is 66.6. The van der Waals surface area contributed by atoms with Crippen LogP contribution in [0.4, 0.5) is 0 Å². The second-order valence-electron chi connectivity index (χ2n) is 14.0. The average Bonchev–Trinajstić information content (AvgIpc) is 3.05. The largest absolute Gasteiger partial charge is 3.00 e. The van der Waals surface area contributed by atoms with Crippen LogP contribution in [0.2, 0.25) is 0 Å². The van der Waals surface area contributed by atoms with Crippen LogP contribution in [0.3, 0.4) is 0 Å². The summed E-state index contributed by atoms with van der Waals surface area (Å²) in [5.41, 5.74) is 0. The summed E-state index contributed by atoms with van der Waals surface area (Å²) >= 11 is 0. The molecule has 0 aromatic rings. The fourth-order valence-corrected chi connectivity index (χ4v) is 5.80. The van der Waals surface area contributed by atoms with Gasteiger partial charge in [-0.2, -0.15) is 0 Å². The molecule has 0 aromatic heterocycles. The number of aliphatic carboxylic acids is 3. The van der Waals surface area contributed by atoms with E-state index in [1.807, 2.05) is 0 Å². The van der Waals surface area contributed by atoms with Crippen LogP contribution in [0, 0.1) is 40.8 Å². The standard InChI is InChI=1S/3C14H28O2.Nd/c3*1-2-3-4-5-6-7-8-9-10-11-12-13-14(15)16;/h3*2-13H2,1H3,(H,15,16);/q;;;+3/p-3. The Hall–Kier alpha value is -0.239. The van der Waals surface area contributed by atoms with Crippen molar-refractivity contribution in [3.05, 3.63) is 0 Å². The van der Waals surface area contributed by atoms with Crippen LogP contribution in [-0.2, 0) is 14.4 Å². The summed E-state index contributed by atoms with van der Waals surface area (Å²) in [4.78, 5) is 30.4. The zero-order valence-corrected chi connectivity index (χ0v) is 36.1. The Labute approximate surface area is 338 Å². The molecule has 0 fully saturated rings. The van der Waals surface area contributed by atoms with Gasteiger partial charge in [0.05, 0.1) is 0 Å². The van der Waals surface area contributed by atoms with Crippen LogP contribution < -0.4 is 15.3 Å². The molecule has 49 heavy (non-hydrogen) atoms. The summed E-state index contributed by atoms with van der Waals surface area (Å²) in [7, 11) is 0. The predicted octanol–water partition coefficient (Wildman–Crippen LogP) is 10.3. The van der Waals surface area contributed by atoms with Gasteiger partial charge in [0, 0.05) is 17.9 Å². The summed E-state index contributed by atoms with van der Waals surface area (Å²) in [6.45, 7) is 6.73. The molecule has 1 radical (unpaired) electrons. The van der Waals surface area contributed by atoms with E-state index in [0.29, 0.717) is 0 Å². The van der Waals surface area contributed by atoms with Crippen LogP contribution in [0.1, 0.15) is 252 Å². The Morgan fingerprint density at radius 2 is 0.388 bits per heavy atom. The van der Waals surface area contributed by atoms with E-state index in [1.54, 1.807) is 0 Å². The fraction of sp³-hybridized carbons (Fsp3) is 0.929. The summed E-state index contributed by atoms with van der Waals surface area (Å²) in [6, 6.07) is 0. The van der Waals surface area contributed by atoms with Gasteiger partial charge in [0.2, 0.25) is 0 Å². The van der Waals surface area contributed by atoms with Crippen molar-refractivity contribution < 1.29 is 70.5 Å². The Morgan fingerprint density at radius 3 is 0.510 bits per heavy atom. The van der Waals surface area contributed by atoms with Gasteiger partial charge >= 0.3 is 40.8 Å². The van der Waals surface area contributed by atoms with Crippen molar-refractivity contribution >= 4 is 17.9 Å². The van der Waals surface area contributed by atoms with Crippen molar-refractivity contribution in [1.82, 2.24) is 0 Å². The van der Waals surface area contributed by atoms with E-state index < -0.39 is 17.9 Å². The first-order valence-corrected chi connectivity index (χ1v) is 20.9. The molecule has 289 valence electrons. The van der Waals surface area contributed by atoms with Gasteiger partial charge < -0.3 is 29.7 Å². The third-order valence-corrected chi connectivity index (χ3v) is 8.95. The monoisotopic (exact) mass is 824 g/mol. The summed E-state index contributed by atoms with van der Waals surface area (Å²) < 4.78 is 0. The maximum atomic E-state index is 10.1. The second kappa shape index (κ2) is 52.1. The van der Waals surface area contributed by atoms with Gasteiger partial charge in [0.15, 0.2) is 0 Å². The molecule has 0 atom stereocenters. The van der Waals surface area contributed by atoms with Gasteiger partial charge in [-0.25, -0.2) is 0 Å². The maximum absolute atomic E-state index is 10.1. The van der Waals surface area contributed by atoms with Crippen molar-refractivity contribution in [3.63, 3.8) is 0 Å². The molecule has 0 saturated carbocycles. The number of unbranched alkanes of at least 4 members (excludes halogenated alkanes) is 30. The Kier molecular flexibility index (Phi) is 59.1. The number of carboxylic acid groups (broad SMARTS) is 3. The van der Waals surface area contributed by atoms with Gasteiger partial charge in [-0.1, -0.05) is 213 Å². The van der Waals surface area contributed by atoms with Crippen molar-refractivity contribution in [2.75, 3.05) is 0 Å². The molecular formula is C42H81NdO6. The van der Waals surface area contributed by atoms with Crippen molar-refractivity contribution in [2.45, 2.75) is 252 Å². The Morgan fingerprint density at radius 1 is 0.265 bits per heavy atom. The SMILES string of the molecule is CCCCCCCCCCCCCC(=O)[O-].CCCCCCCCCCCCCC(=O)[O-].CCCCCCCCCCCCCC(=O)[O-].[Nd+3]. The topological polar surface area (TPSA) is 120 Å². The number of hydrogen-bond acceptors (Lipinski definition) is 6. The zero-order chi connectivity index (χ0) is 36.2. The molecule has 0 aliphatic carbocycles. The Bertz CT molecular complexity index is 557. The molecule has 0 spiro atoms. The van der Waals surface area contributed by atoms with E-state index in [2.05, 4.69) is 20.8 Å². The van der Waals surface area contributed by atoms with Crippen LogP contribution in [0.25, 0.3) is 0 Å². The molecule has 0 amide bonds. The summed E-state index contributed by atoms with van der Waals surface area (Å²) in [6.07, 6.45) is 42.1. The van der Waals surface area contributed by atoms with Crippen molar-refractivity contribution in [2.24, 2.45) is 0 Å². The minimum atomic E-state index is -0.907. The molecule has 0 rings (SSSR count). The molecular weight excluding hydrogens is 745 g/mol. The summed E-state index contributed by atoms with van der Waals surface area (Å²) in [5.74, 6) is -2.72. The van der Waals surface area contributed by atoms with Crippen molar-refractivity contribution in [3.8, 4) is 0 Å². The molecule has 0 aromatic carbocycles. The second-order valence-corrected chi connectivity index (χ2v) is 14.0. The number of carbonyl (C=O) groups excluding carboxylic acids is 3. The first-order chi connectivity index (χ1) is 23.3. The van der Waals surface area contributed by atoms with Gasteiger partial charge in [-0.15, -0.1) is 0 Å². The van der Waals surface area contributed by atoms with Gasteiger partial charge in [0.25, 0.3) is 0 Å². The number of rotatable bonds is 36. The summed E-state index contributed by atoms with van der Waals surface area (Å²) in [5, 5.41) is 30.4. The normalized spacial score (nSPS) is 10.3. The number of carbonyl (C=O) groups is 3. The van der Waals surface area contributed by atoms with E-state index in [9.17, 15) is 29.7 Å². The zero-order valence-electron chi connectivity index (χ0n) is 32.9. The van der Waals surface area contributed by atoms with Crippen LogP contribution in [0.15, 0.2) is 0 Å². The molecule has 0 bridgehead atoms. The van der Waals surface area contributed by atoms with Crippen LogP contribution in [-0.4, -0.2) is 17.9 Å². The van der Waals surface area contributed by atoms with E-state index >= 15 is 0 Å². The molecule has 0 saturated heterocycles. The van der Waals surface area contributed by atoms with Crippen molar-refractivity contribution in [1.29, 1.82) is 0 Å². The van der Waals surface area contributed by atoms with Gasteiger partial charge in [-0.3, -0.25) is 0 Å². The minimum absolute atomic E-state index is 0. The molecule has 6 nitrogen and oxygen atoms in total. The number of carboxylic acids is 3. The molecule has 0 aliphatic heterocycles. The quantitative estimate of drug-likeness (QED) is 0.0580.